The maximum absolute atomic E-state index is 9.70. The van der Waals surface area contributed by atoms with Crippen molar-refractivity contribution in [3.05, 3.63) is 11.0 Å². The summed E-state index contributed by atoms with van der Waals surface area (Å²) in [5.41, 5.74) is 7.24. The van der Waals surface area contributed by atoms with Crippen molar-refractivity contribution >= 4 is 23.1 Å². The maximum atomic E-state index is 9.70. The molecule has 2 unspecified atom stereocenters. The second-order valence-electron chi connectivity index (χ2n) is 4.59. The summed E-state index contributed by atoms with van der Waals surface area (Å²) < 4.78 is 0. The summed E-state index contributed by atoms with van der Waals surface area (Å²) in [7, 11) is 0. The lowest BCUT2D eigenvalue weighted by atomic mass is 9.97. The zero-order chi connectivity index (χ0) is 12.6. The Hall–Kier alpha value is -1.07. The average Bonchev–Trinajstić information content (AvgIpc) is 2.27. The topological polar surface area (TPSA) is 75.3 Å². The molecule has 0 radical (unpaired) electrons. The first-order valence-corrected chi connectivity index (χ1v) is 6.09. The number of hydrogen-bond acceptors (Lipinski definition) is 5. The van der Waals surface area contributed by atoms with Gasteiger partial charge in [-0.15, -0.1) is 0 Å². The number of aliphatic hydroxyl groups excluding tert-OH is 1. The second-order valence-corrected chi connectivity index (χ2v) is 4.93. The van der Waals surface area contributed by atoms with Gasteiger partial charge in [0.2, 0.25) is 5.28 Å². The molecule has 0 saturated carbocycles. The van der Waals surface area contributed by atoms with E-state index in [-0.39, 0.29) is 17.3 Å². The van der Waals surface area contributed by atoms with E-state index in [4.69, 9.17) is 17.3 Å². The van der Waals surface area contributed by atoms with E-state index in [2.05, 4.69) is 14.9 Å². The SMILES string of the molecule is Cc1nc(Cl)nc(N2CCC(O)C(C)C2)c1N. The highest BCUT2D eigenvalue weighted by molar-refractivity contribution is 6.28. The molecule has 17 heavy (non-hydrogen) atoms. The summed E-state index contributed by atoms with van der Waals surface area (Å²) in [5.74, 6) is 0.887. The first-order chi connectivity index (χ1) is 7.99. The zero-order valence-corrected chi connectivity index (χ0v) is 10.8. The van der Waals surface area contributed by atoms with Gasteiger partial charge in [0.1, 0.15) is 0 Å². The van der Waals surface area contributed by atoms with Gasteiger partial charge in [-0.05, 0) is 30.9 Å². The number of hydrogen-bond donors (Lipinski definition) is 2. The van der Waals surface area contributed by atoms with Gasteiger partial charge in [0.15, 0.2) is 5.82 Å². The van der Waals surface area contributed by atoms with E-state index in [0.717, 1.165) is 19.5 Å². The third-order valence-corrected chi connectivity index (χ3v) is 3.42. The molecule has 2 rings (SSSR count). The molecule has 0 aliphatic carbocycles. The van der Waals surface area contributed by atoms with Crippen molar-refractivity contribution in [2.75, 3.05) is 23.7 Å². The largest absolute Gasteiger partial charge is 0.394 e. The number of rotatable bonds is 1. The second kappa shape index (κ2) is 4.66. The van der Waals surface area contributed by atoms with Crippen LogP contribution in [0.4, 0.5) is 11.5 Å². The Morgan fingerprint density at radius 3 is 2.82 bits per heavy atom. The fourth-order valence-corrected chi connectivity index (χ4v) is 2.31. The predicted molar refractivity (Wildman–Crippen MR) is 68.2 cm³/mol. The smallest absolute Gasteiger partial charge is 0.224 e. The summed E-state index contributed by atoms with van der Waals surface area (Å²) in [4.78, 5) is 10.3. The fourth-order valence-electron chi connectivity index (χ4n) is 2.10. The van der Waals surface area contributed by atoms with Crippen molar-refractivity contribution in [2.24, 2.45) is 5.92 Å². The first kappa shape index (κ1) is 12.4. The van der Waals surface area contributed by atoms with Crippen molar-refractivity contribution < 1.29 is 5.11 Å². The number of nitrogens with two attached hydrogens (primary N) is 1. The third kappa shape index (κ3) is 2.45. The van der Waals surface area contributed by atoms with E-state index in [1.165, 1.54) is 0 Å². The van der Waals surface area contributed by atoms with Gasteiger partial charge in [0, 0.05) is 13.1 Å². The summed E-state index contributed by atoms with van der Waals surface area (Å²) in [6, 6.07) is 0. The summed E-state index contributed by atoms with van der Waals surface area (Å²) in [5, 5.41) is 9.92. The number of nitrogen functional groups attached to an aromatic ring is 1. The number of piperidine rings is 1. The van der Waals surface area contributed by atoms with Crippen LogP contribution in [0.3, 0.4) is 0 Å². The predicted octanol–water partition coefficient (Wildman–Crippen LogP) is 1.23. The van der Waals surface area contributed by atoms with Crippen LogP contribution in [0.2, 0.25) is 5.28 Å². The molecule has 0 aromatic carbocycles. The van der Waals surface area contributed by atoms with Gasteiger partial charge in [-0.2, -0.15) is 4.98 Å². The molecule has 1 saturated heterocycles. The van der Waals surface area contributed by atoms with Crippen LogP contribution in [0.25, 0.3) is 0 Å². The molecule has 6 heteroatoms. The molecule has 1 aliphatic rings. The lowest BCUT2D eigenvalue weighted by Gasteiger charge is -2.35. The van der Waals surface area contributed by atoms with E-state index in [0.29, 0.717) is 17.2 Å². The van der Waals surface area contributed by atoms with Crippen LogP contribution in [-0.4, -0.2) is 34.3 Å². The van der Waals surface area contributed by atoms with Crippen molar-refractivity contribution in [1.29, 1.82) is 0 Å². The van der Waals surface area contributed by atoms with Gasteiger partial charge < -0.3 is 15.7 Å². The minimum atomic E-state index is -0.245. The Labute approximate surface area is 106 Å². The van der Waals surface area contributed by atoms with Crippen LogP contribution in [0.1, 0.15) is 19.0 Å². The molecule has 1 aliphatic heterocycles. The van der Waals surface area contributed by atoms with E-state index >= 15 is 0 Å². The van der Waals surface area contributed by atoms with Crippen molar-refractivity contribution in [3.63, 3.8) is 0 Å². The molecule has 0 bridgehead atoms. The Morgan fingerprint density at radius 2 is 2.18 bits per heavy atom. The molecule has 0 amide bonds. The van der Waals surface area contributed by atoms with Crippen LogP contribution >= 0.6 is 11.6 Å². The fraction of sp³-hybridized carbons (Fsp3) is 0.636. The molecule has 1 fully saturated rings. The van der Waals surface area contributed by atoms with Crippen LogP contribution in [0.15, 0.2) is 0 Å². The summed E-state index contributed by atoms with van der Waals surface area (Å²) in [6.07, 6.45) is 0.479. The number of nitrogens with zero attached hydrogens (tertiary/aromatic N) is 3. The van der Waals surface area contributed by atoms with E-state index < -0.39 is 0 Å². The first-order valence-electron chi connectivity index (χ1n) is 5.71. The highest BCUT2D eigenvalue weighted by Crippen LogP contribution is 2.28. The van der Waals surface area contributed by atoms with Crippen LogP contribution in [-0.2, 0) is 0 Å². The van der Waals surface area contributed by atoms with Gasteiger partial charge in [0.05, 0.1) is 17.5 Å². The minimum Gasteiger partial charge on any atom is -0.394 e. The molecule has 2 atom stereocenters. The molecule has 3 N–H and O–H groups in total. The van der Waals surface area contributed by atoms with Gasteiger partial charge in [-0.3, -0.25) is 0 Å². The maximum Gasteiger partial charge on any atom is 0.224 e. The van der Waals surface area contributed by atoms with Crippen LogP contribution in [0.5, 0.6) is 0 Å². The summed E-state index contributed by atoms with van der Waals surface area (Å²) >= 11 is 5.85. The standard InChI is InChI=1S/C11H17ClN4O/c1-6-5-16(4-3-8(6)17)10-9(13)7(2)14-11(12)15-10/h6,8,17H,3-5,13H2,1-2H3. The van der Waals surface area contributed by atoms with E-state index in [9.17, 15) is 5.11 Å². The van der Waals surface area contributed by atoms with Crippen LogP contribution in [0, 0.1) is 12.8 Å². The Bertz CT molecular complexity index is 426. The Balaban J connectivity index is 2.28. The molecular weight excluding hydrogens is 240 g/mol. The van der Waals surface area contributed by atoms with Gasteiger partial charge in [-0.1, -0.05) is 6.92 Å². The van der Waals surface area contributed by atoms with E-state index in [1.807, 2.05) is 13.8 Å². The number of aryl methyl sites for hydroxylation is 1. The van der Waals surface area contributed by atoms with Gasteiger partial charge in [0.25, 0.3) is 0 Å². The van der Waals surface area contributed by atoms with Crippen molar-refractivity contribution in [1.82, 2.24) is 9.97 Å². The Morgan fingerprint density at radius 1 is 1.47 bits per heavy atom. The van der Waals surface area contributed by atoms with E-state index in [1.54, 1.807) is 0 Å². The molecule has 0 spiro atoms. The normalized spacial score (nSPS) is 25.1. The highest BCUT2D eigenvalue weighted by Gasteiger charge is 2.26. The zero-order valence-electron chi connectivity index (χ0n) is 10.0. The number of aromatic nitrogens is 2. The van der Waals surface area contributed by atoms with Crippen molar-refractivity contribution in [3.8, 4) is 0 Å². The molecule has 1 aromatic rings. The highest BCUT2D eigenvalue weighted by atomic mass is 35.5. The lowest BCUT2D eigenvalue weighted by molar-refractivity contribution is 0.0969. The molecule has 5 nitrogen and oxygen atoms in total. The van der Waals surface area contributed by atoms with Crippen LogP contribution < -0.4 is 10.6 Å². The Kier molecular flexibility index (Phi) is 3.40. The number of anilines is 2. The monoisotopic (exact) mass is 256 g/mol. The number of aliphatic hydroxyl groups is 1. The molecule has 1 aromatic heterocycles. The van der Waals surface area contributed by atoms with Gasteiger partial charge >= 0.3 is 0 Å². The minimum absolute atomic E-state index is 0.206. The molecular formula is C11H17ClN4O. The molecule has 2 heterocycles. The average molecular weight is 257 g/mol. The number of halogens is 1. The van der Waals surface area contributed by atoms with Crippen molar-refractivity contribution in [2.45, 2.75) is 26.4 Å². The van der Waals surface area contributed by atoms with Gasteiger partial charge in [-0.25, -0.2) is 4.98 Å². The lowest BCUT2D eigenvalue weighted by Crippen LogP contribution is -2.42. The summed E-state index contributed by atoms with van der Waals surface area (Å²) in [6.45, 7) is 5.30. The quantitative estimate of drug-likeness (QED) is 0.739. The third-order valence-electron chi connectivity index (χ3n) is 3.25. The molecule has 94 valence electrons.